The molecule has 0 aromatic heterocycles. The summed E-state index contributed by atoms with van der Waals surface area (Å²) in [7, 11) is 0. The van der Waals surface area contributed by atoms with E-state index in [1.807, 2.05) is 6.92 Å². The third kappa shape index (κ3) is 3.51. The second kappa shape index (κ2) is 6.40. The Kier molecular flexibility index (Phi) is 5.10. The molecule has 0 N–H and O–H groups in total. The van der Waals surface area contributed by atoms with Crippen molar-refractivity contribution in [1.82, 2.24) is 10.0 Å². The monoisotopic (exact) mass is 213 g/mol. The molecule has 0 aliphatic carbocycles. The Bertz CT molecular complexity index is 215. The predicted molar refractivity (Wildman–Crippen MR) is 54.6 cm³/mol. The van der Waals surface area contributed by atoms with E-state index >= 15 is 0 Å². The van der Waals surface area contributed by atoms with Crippen molar-refractivity contribution in [2.45, 2.75) is 32.6 Å². The first-order valence-corrected chi connectivity index (χ1v) is 5.39. The summed E-state index contributed by atoms with van der Waals surface area (Å²) in [6, 6.07) is 0. The van der Waals surface area contributed by atoms with Crippen molar-refractivity contribution in [2.75, 3.05) is 19.7 Å². The molecule has 2 amide bonds. The van der Waals surface area contributed by atoms with Gasteiger partial charge in [0.2, 0.25) is 0 Å². The zero-order valence-electron chi connectivity index (χ0n) is 9.07. The molecule has 1 saturated heterocycles. The molecule has 0 aromatic rings. The summed E-state index contributed by atoms with van der Waals surface area (Å²) in [4.78, 5) is 22.1. The van der Waals surface area contributed by atoms with Crippen molar-refractivity contribution < 1.29 is 14.3 Å². The summed E-state index contributed by atoms with van der Waals surface area (Å²) in [5, 5.41) is 2.61. The van der Waals surface area contributed by atoms with Gasteiger partial charge in [-0.1, -0.05) is 13.3 Å². The number of carbonyl (C=O) groups is 1. The number of hydrogen-bond donors (Lipinski definition) is 0. The molecule has 1 aliphatic heterocycles. The maximum Gasteiger partial charge on any atom is 0.432 e. The number of ether oxygens (including phenoxy) is 1. The summed E-state index contributed by atoms with van der Waals surface area (Å²) in [5.41, 5.74) is 0. The normalized spacial score (nSPS) is 17.1. The Balaban J connectivity index is 2.45. The Labute approximate surface area is 89.9 Å². The molecule has 1 heterocycles. The minimum absolute atomic E-state index is 0.338. The highest BCUT2D eigenvalue weighted by Gasteiger charge is 2.24. The van der Waals surface area contributed by atoms with Gasteiger partial charge >= 0.3 is 12.5 Å². The van der Waals surface area contributed by atoms with E-state index in [4.69, 9.17) is 4.74 Å². The van der Waals surface area contributed by atoms with Crippen LogP contribution in [0, 0.1) is 0 Å². The number of rotatable bonds is 4. The van der Waals surface area contributed by atoms with E-state index in [0.717, 1.165) is 43.8 Å². The van der Waals surface area contributed by atoms with Gasteiger partial charge in [-0.15, -0.1) is 0 Å². The molecular formula is C10H17N2O3. The van der Waals surface area contributed by atoms with E-state index in [1.54, 1.807) is 11.4 Å². The zero-order valence-corrected chi connectivity index (χ0v) is 9.07. The molecule has 0 saturated carbocycles. The summed E-state index contributed by atoms with van der Waals surface area (Å²) < 4.78 is 4.88. The van der Waals surface area contributed by atoms with Gasteiger partial charge in [0.15, 0.2) is 0 Å². The molecule has 1 aliphatic rings. The van der Waals surface area contributed by atoms with Gasteiger partial charge in [0, 0.05) is 13.1 Å². The summed E-state index contributed by atoms with van der Waals surface area (Å²) in [6.07, 6.45) is 4.89. The fraction of sp³-hybridized carbons (Fsp3) is 0.800. The molecule has 0 unspecified atom stereocenters. The maximum absolute atomic E-state index is 11.4. The van der Waals surface area contributed by atoms with Crippen molar-refractivity contribution in [3.8, 4) is 0 Å². The second-order valence-corrected chi connectivity index (χ2v) is 3.53. The van der Waals surface area contributed by atoms with Crippen molar-refractivity contribution in [3.05, 3.63) is 0 Å². The van der Waals surface area contributed by atoms with E-state index < -0.39 is 6.09 Å². The number of nitrogens with zero attached hydrogens (tertiary/aromatic N) is 2. The number of hydrazine groups is 1. The quantitative estimate of drug-likeness (QED) is 0.660. The molecule has 0 bridgehead atoms. The van der Waals surface area contributed by atoms with Crippen LogP contribution in [0.2, 0.25) is 0 Å². The summed E-state index contributed by atoms with van der Waals surface area (Å²) >= 11 is 0. The minimum Gasteiger partial charge on any atom is -0.448 e. The summed E-state index contributed by atoms with van der Waals surface area (Å²) in [6.45, 7) is 3.68. The molecule has 5 heteroatoms. The molecule has 1 radical (unpaired) electrons. The first-order chi connectivity index (χ1) is 7.29. The Morgan fingerprint density at radius 2 is 2.07 bits per heavy atom. The number of imide groups is 1. The van der Waals surface area contributed by atoms with Gasteiger partial charge in [0.05, 0.1) is 6.61 Å². The molecule has 85 valence electrons. The highest BCUT2D eigenvalue weighted by atomic mass is 16.6. The number of amides is 2. The first kappa shape index (κ1) is 12.0. The van der Waals surface area contributed by atoms with Crippen LogP contribution >= 0.6 is 0 Å². The van der Waals surface area contributed by atoms with Crippen LogP contribution in [0.3, 0.4) is 0 Å². The Morgan fingerprint density at radius 1 is 1.40 bits per heavy atom. The zero-order chi connectivity index (χ0) is 11.1. The molecule has 0 spiro atoms. The molecule has 5 nitrogen and oxygen atoms in total. The second-order valence-electron chi connectivity index (χ2n) is 3.53. The van der Waals surface area contributed by atoms with Gasteiger partial charge in [-0.3, -0.25) is 4.79 Å². The molecule has 1 rings (SSSR count). The van der Waals surface area contributed by atoms with Gasteiger partial charge in [-0.25, -0.2) is 9.80 Å². The van der Waals surface area contributed by atoms with E-state index in [-0.39, 0.29) is 0 Å². The van der Waals surface area contributed by atoms with E-state index in [2.05, 4.69) is 0 Å². The Morgan fingerprint density at radius 3 is 2.60 bits per heavy atom. The van der Waals surface area contributed by atoms with E-state index in [0.29, 0.717) is 6.61 Å². The lowest BCUT2D eigenvalue weighted by Crippen LogP contribution is -2.48. The fourth-order valence-corrected chi connectivity index (χ4v) is 1.54. The lowest BCUT2D eigenvalue weighted by molar-refractivity contribution is 0.0126. The van der Waals surface area contributed by atoms with Gasteiger partial charge in [-0.05, 0) is 19.3 Å². The molecule has 15 heavy (non-hydrogen) atoms. The molecule has 1 fully saturated rings. The van der Waals surface area contributed by atoms with Gasteiger partial charge < -0.3 is 4.74 Å². The van der Waals surface area contributed by atoms with Gasteiger partial charge in [0.1, 0.15) is 0 Å². The Hall–Kier alpha value is -1.10. The molecule has 0 atom stereocenters. The smallest absolute Gasteiger partial charge is 0.432 e. The van der Waals surface area contributed by atoms with Crippen LogP contribution in [0.1, 0.15) is 32.6 Å². The topological polar surface area (TPSA) is 49.9 Å². The fourth-order valence-electron chi connectivity index (χ4n) is 1.54. The van der Waals surface area contributed by atoms with Crippen LogP contribution in [-0.2, 0) is 9.53 Å². The highest BCUT2D eigenvalue weighted by molar-refractivity contribution is 5.79. The van der Waals surface area contributed by atoms with Crippen LogP contribution in [0.5, 0.6) is 0 Å². The average molecular weight is 213 g/mol. The number of carbonyl (C=O) groups excluding carboxylic acids is 2. The molecule has 0 aromatic carbocycles. The van der Waals surface area contributed by atoms with Crippen LogP contribution in [0.4, 0.5) is 4.79 Å². The van der Waals surface area contributed by atoms with Crippen LogP contribution < -0.4 is 0 Å². The lowest BCUT2D eigenvalue weighted by atomic mass is 10.2. The summed E-state index contributed by atoms with van der Waals surface area (Å²) in [5.74, 6) is 0. The number of piperidine rings is 1. The van der Waals surface area contributed by atoms with Gasteiger partial charge in [0.25, 0.3) is 0 Å². The minimum atomic E-state index is -0.617. The third-order valence-corrected chi connectivity index (χ3v) is 2.30. The van der Waals surface area contributed by atoms with Crippen LogP contribution in [0.25, 0.3) is 0 Å². The maximum atomic E-state index is 11.4. The van der Waals surface area contributed by atoms with Gasteiger partial charge in [-0.2, -0.15) is 5.01 Å². The lowest BCUT2D eigenvalue weighted by Gasteiger charge is -2.31. The van der Waals surface area contributed by atoms with Crippen molar-refractivity contribution in [2.24, 2.45) is 0 Å². The van der Waals surface area contributed by atoms with Crippen molar-refractivity contribution in [3.63, 3.8) is 0 Å². The van der Waals surface area contributed by atoms with Crippen LogP contribution in [0.15, 0.2) is 0 Å². The predicted octanol–water partition coefficient (Wildman–Crippen LogP) is 1.30. The van der Waals surface area contributed by atoms with Crippen molar-refractivity contribution in [1.29, 1.82) is 0 Å². The van der Waals surface area contributed by atoms with Crippen LogP contribution in [-0.4, -0.2) is 42.2 Å². The average Bonchev–Trinajstić information content (AvgIpc) is 2.29. The highest BCUT2D eigenvalue weighted by Crippen LogP contribution is 2.11. The standard InChI is InChI=1S/C10H17N2O3/c1-2-8-15-10(14)12(9-13)11-6-4-3-5-7-11/h2-8H2,1H3. The largest absolute Gasteiger partial charge is 0.448 e. The number of hydrogen-bond acceptors (Lipinski definition) is 4. The molecular weight excluding hydrogens is 196 g/mol. The van der Waals surface area contributed by atoms with Crippen molar-refractivity contribution >= 4 is 12.5 Å². The van der Waals surface area contributed by atoms with E-state index in [1.165, 1.54) is 0 Å². The third-order valence-electron chi connectivity index (χ3n) is 2.30. The first-order valence-electron chi connectivity index (χ1n) is 5.39. The SMILES string of the molecule is CCCOC(=O)N([C]=O)N1CCCCC1. The van der Waals surface area contributed by atoms with E-state index in [9.17, 15) is 9.59 Å².